The molecule has 0 aliphatic carbocycles. The Hall–Kier alpha value is 1.03. The average molecular weight is 99.5 g/mol. The van der Waals surface area contributed by atoms with E-state index in [4.69, 9.17) is 11.6 Å². The second-order valence-electron chi connectivity index (χ2n) is 0.676. The van der Waals surface area contributed by atoms with Crippen molar-refractivity contribution >= 4 is 41.2 Å². The van der Waals surface area contributed by atoms with Gasteiger partial charge < -0.3 is 0 Å². The van der Waals surface area contributed by atoms with Crippen molar-refractivity contribution in [2.24, 2.45) is 0 Å². The summed E-state index contributed by atoms with van der Waals surface area (Å²) in [6, 6.07) is 0. The Labute approximate surface area is 59.5 Å². The third-order valence-corrected chi connectivity index (χ3v) is 0. The molecule has 0 saturated carbocycles. The number of hydrogen-bond acceptors (Lipinski definition) is 0. The maximum absolute atomic E-state index is 5.08. The van der Waals surface area contributed by atoms with E-state index in [0.717, 1.165) is 0 Å². The molecule has 0 aromatic carbocycles. The molecule has 0 fully saturated rings. The number of hydrogen-bond donors (Lipinski definition) is 0. The van der Waals surface area contributed by atoms with Gasteiger partial charge in [-0.2, -0.15) is 0 Å². The van der Waals surface area contributed by atoms with Crippen LogP contribution in [0, 0.1) is 0 Å². The first-order valence-electron chi connectivity index (χ1n) is 1.04. The standard InChI is InChI=1S/C3H5Cl.Na/c1-3(2)4;/h1H2,2H3;. The topological polar surface area (TPSA) is 0 Å². The Morgan fingerprint density at radius 3 is 1.80 bits per heavy atom. The average Bonchev–Trinajstić information content (AvgIpc) is 0.811. The van der Waals surface area contributed by atoms with E-state index in [1.165, 1.54) is 0 Å². The Balaban J connectivity index is 0. The molecule has 0 spiro atoms. The molecule has 0 unspecified atom stereocenters. The fourth-order valence-corrected chi connectivity index (χ4v) is 0. The monoisotopic (exact) mass is 99.0 g/mol. The molecule has 0 aliphatic rings. The normalized spacial score (nSPS) is 5.20. The van der Waals surface area contributed by atoms with Crippen molar-refractivity contribution in [3.8, 4) is 0 Å². The molecule has 0 bridgehead atoms. The summed E-state index contributed by atoms with van der Waals surface area (Å²) in [5, 5.41) is 0.639. The van der Waals surface area contributed by atoms with E-state index in [1.807, 2.05) is 0 Å². The van der Waals surface area contributed by atoms with Crippen LogP contribution < -0.4 is 0 Å². The van der Waals surface area contributed by atoms with Crippen molar-refractivity contribution in [2.45, 2.75) is 6.92 Å². The third-order valence-electron chi connectivity index (χ3n) is 0. The predicted octanol–water partition coefficient (Wildman–Crippen LogP) is 1.38. The largest absolute Gasteiger partial charge is 0.0901 e. The van der Waals surface area contributed by atoms with Gasteiger partial charge in [0.1, 0.15) is 0 Å². The van der Waals surface area contributed by atoms with Crippen molar-refractivity contribution in [3.63, 3.8) is 0 Å². The molecule has 0 atom stereocenters. The molecule has 0 aliphatic heterocycles. The van der Waals surface area contributed by atoms with E-state index in [1.54, 1.807) is 6.92 Å². The minimum absolute atomic E-state index is 0. The Morgan fingerprint density at radius 1 is 1.80 bits per heavy atom. The van der Waals surface area contributed by atoms with Crippen LogP contribution in [0.5, 0.6) is 0 Å². The quantitative estimate of drug-likeness (QED) is 0.403. The van der Waals surface area contributed by atoms with Crippen molar-refractivity contribution in [1.82, 2.24) is 0 Å². The molecule has 0 amide bonds. The van der Waals surface area contributed by atoms with Crippen molar-refractivity contribution in [2.75, 3.05) is 0 Å². The van der Waals surface area contributed by atoms with E-state index in [2.05, 4.69) is 6.58 Å². The molecule has 0 rings (SSSR count). The summed E-state index contributed by atoms with van der Waals surface area (Å²) in [6.07, 6.45) is 0. The van der Waals surface area contributed by atoms with Crippen LogP contribution in [0.25, 0.3) is 0 Å². The van der Waals surface area contributed by atoms with Gasteiger partial charge in [0, 0.05) is 34.6 Å². The summed E-state index contributed by atoms with van der Waals surface area (Å²) in [6.45, 7) is 5.06. The van der Waals surface area contributed by atoms with Gasteiger partial charge in [-0.15, -0.1) is 0 Å². The zero-order valence-electron chi connectivity index (χ0n) is 3.59. The van der Waals surface area contributed by atoms with Crippen molar-refractivity contribution in [1.29, 1.82) is 0 Å². The Bertz CT molecular complexity index is 29.9. The number of halogens is 1. The molecular weight excluding hydrogens is 94.5 g/mol. The van der Waals surface area contributed by atoms with E-state index in [9.17, 15) is 0 Å². The van der Waals surface area contributed by atoms with Gasteiger partial charge in [0.15, 0.2) is 0 Å². The van der Waals surface area contributed by atoms with Gasteiger partial charge in [-0.3, -0.25) is 0 Å². The van der Waals surface area contributed by atoms with Crippen molar-refractivity contribution < 1.29 is 0 Å². The molecular formula is C3H5ClNa. The number of allylic oxidation sites excluding steroid dienone is 1. The van der Waals surface area contributed by atoms with Gasteiger partial charge in [-0.25, -0.2) is 0 Å². The fourth-order valence-electron chi connectivity index (χ4n) is 0. The molecule has 1 radical (unpaired) electrons. The first kappa shape index (κ1) is 9.39. The summed E-state index contributed by atoms with van der Waals surface area (Å²) in [5.74, 6) is 0. The zero-order valence-corrected chi connectivity index (χ0v) is 6.34. The van der Waals surface area contributed by atoms with Crippen LogP contribution in [0.4, 0.5) is 0 Å². The van der Waals surface area contributed by atoms with Crippen LogP contribution in [0.1, 0.15) is 6.92 Å². The molecule has 0 aromatic heterocycles. The van der Waals surface area contributed by atoms with Gasteiger partial charge in [0.2, 0.25) is 0 Å². The van der Waals surface area contributed by atoms with E-state index >= 15 is 0 Å². The molecule has 25 valence electrons. The predicted molar refractivity (Wildman–Crippen MR) is 26.4 cm³/mol. The molecule has 0 N–H and O–H groups in total. The van der Waals surface area contributed by atoms with Gasteiger partial charge in [-0.1, -0.05) is 18.2 Å². The van der Waals surface area contributed by atoms with Gasteiger partial charge in [0.05, 0.1) is 0 Å². The minimum atomic E-state index is 0. The van der Waals surface area contributed by atoms with Crippen LogP contribution >= 0.6 is 11.6 Å². The number of rotatable bonds is 0. The van der Waals surface area contributed by atoms with Gasteiger partial charge in [0.25, 0.3) is 0 Å². The first-order valence-corrected chi connectivity index (χ1v) is 1.42. The summed E-state index contributed by atoms with van der Waals surface area (Å²) in [7, 11) is 0. The van der Waals surface area contributed by atoms with E-state index < -0.39 is 0 Å². The second-order valence-corrected chi connectivity index (χ2v) is 1.32. The zero-order chi connectivity index (χ0) is 3.58. The van der Waals surface area contributed by atoms with Crippen LogP contribution in [0.2, 0.25) is 0 Å². The van der Waals surface area contributed by atoms with Crippen LogP contribution in [0.3, 0.4) is 0 Å². The second kappa shape index (κ2) is 5.03. The van der Waals surface area contributed by atoms with Crippen molar-refractivity contribution in [3.05, 3.63) is 11.6 Å². The Morgan fingerprint density at radius 2 is 1.80 bits per heavy atom. The van der Waals surface area contributed by atoms with Crippen LogP contribution in [0.15, 0.2) is 11.6 Å². The van der Waals surface area contributed by atoms with E-state index in [-0.39, 0.29) is 29.6 Å². The van der Waals surface area contributed by atoms with Gasteiger partial charge in [-0.05, 0) is 6.92 Å². The molecule has 0 saturated heterocycles. The molecule has 5 heavy (non-hydrogen) atoms. The van der Waals surface area contributed by atoms with Gasteiger partial charge >= 0.3 is 0 Å². The van der Waals surface area contributed by atoms with Crippen LogP contribution in [-0.2, 0) is 0 Å². The molecule has 0 heterocycles. The minimum Gasteiger partial charge on any atom is -0.0901 e. The maximum atomic E-state index is 5.08. The smallest absolute Gasteiger partial charge is 0.00778 e. The first-order chi connectivity index (χ1) is 1.73. The summed E-state index contributed by atoms with van der Waals surface area (Å²) in [4.78, 5) is 0. The third kappa shape index (κ3) is 43.5. The maximum Gasteiger partial charge on any atom is 0.00778 e. The molecule has 2 heteroatoms. The summed E-state index contributed by atoms with van der Waals surface area (Å²) < 4.78 is 0. The van der Waals surface area contributed by atoms with E-state index in [0.29, 0.717) is 5.03 Å². The molecule has 0 aromatic rings. The van der Waals surface area contributed by atoms with Crippen LogP contribution in [-0.4, -0.2) is 29.6 Å². The summed E-state index contributed by atoms with van der Waals surface area (Å²) in [5.41, 5.74) is 0. The SMILES string of the molecule is C=C(C)Cl.[Na]. The molecule has 0 nitrogen and oxygen atoms in total. The summed E-state index contributed by atoms with van der Waals surface area (Å²) >= 11 is 5.08. The Kier molecular flexibility index (Phi) is 9.45. The fraction of sp³-hybridized carbons (Fsp3) is 0.333.